The lowest BCUT2D eigenvalue weighted by Crippen LogP contribution is -2.38. The van der Waals surface area contributed by atoms with Gasteiger partial charge in [0.2, 0.25) is 0 Å². The monoisotopic (exact) mass is 372 g/mol. The van der Waals surface area contributed by atoms with E-state index in [0.717, 1.165) is 23.9 Å². The highest BCUT2D eigenvalue weighted by molar-refractivity contribution is 7.98. The lowest BCUT2D eigenvalue weighted by molar-refractivity contribution is 0.0942. The van der Waals surface area contributed by atoms with Crippen LogP contribution >= 0.6 is 11.8 Å². The molecule has 2 aromatic rings. The molecule has 0 bridgehead atoms. The number of hydrogen-bond acceptors (Lipinski definition) is 4. The van der Waals surface area contributed by atoms with E-state index in [1.807, 2.05) is 41.3 Å². The molecule has 0 saturated carbocycles. The molecule has 1 saturated heterocycles. The maximum atomic E-state index is 12.4. The lowest BCUT2D eigenvalue weighted by Gasteiger charge is -2.29. The van der Waals surface area contributed by atoms with Gasteiger partial charge >= 0.3 is 0 Å². The minimum Gasteiger partial charge on any atom is -0.352 e. The molecule has 26 heavy (non-hydrogen) atoms. The highest BCUT2D eigenvalue weighted by Crippen LogP contribution is 2.18. The van der Waals surface area contributed by atoms with E-state index in [9.17, 15) is 4.79 Å². The number of carbonyl (C=O) groups excluding carboxylic acids is 1. The van der Waals surface area contributed by atoms with Gasteiger partial charge in [-0.1, -0.05) is 25.1 Å². The van der Waals surface area contributed by atoms with Crippen molar-refractivity contribution in [1.29, 1.82) is 0 Å². The van der Waals surface area contributed by atoms with Crippen LogP contribution in [0.3, 0.4) is 0 Å². The van der Waals surface area contributed by atoms with E-state index in [0.29, 0.717) is 11.5 Å². The van der Waals surface area contributed by atoms with Crippen LogP contribution in [0.1, 0.15) is 36.5 Å². The first-order valence-electron chi connectivity index (χ1n) is 9.35. The zero-order valence-electron chi connectivity index (χ0n) is 15.6. The van der Waals surface area contributed by atoms with E-state index in [1.54, 1.807) is 18.0 Å². The van der Waals surface area contributed by atoms with Gasteiger partial charge in [0.1, 0.15) is 0 Å². The molecule has 0 spiro atoms. The molecule has 5 nitrogen and oxygen atoms in total. The number of hydrogen-bond donors (Lipinski definition) is 1. The first-order chi connectivity index (χ1) is 12.7. The summed E-state index contributed by atoms with van der Waals surface area (Å²) in [4.78, 5) is 19.2. The summed E-state index contributed by atoms with van der Waals surface area (Å²) in [7, 11) is 0. The zero-order chi connectivity index (χ0) is 18.4. The summed E-state index contributed by atoms with van der Waals surface area (Å²) in [6.45, 7) is 6.39. The predicted molar refractivity (Wildman–Crippen MR) is 107 cm³/mol. The number of thioether (sulfide) groups is 1. The van der Waals surface area contributed by atoms with Crippen LogP contribution in [0.2, 0.25) is 0 Å². The molecular weight excluding hydrogens is 344 g/mol. The molecule has 0 radical (unpaired) electrons. The van der Waals surface area contributed by atoms with E-state index >= 15 is 0 Å². The second kappa shape index (κ2) is 9.24. The van der Waals surface area contributed by atoms with Crippen molar-refractivity contribution in [1.82, 2.24) is 19.8 Å². The molecule has 1 aliphatic rings. The lowest BCUT2D eigenvalue weighted by atomic mass is 10.1. The van der Waals surface area contributed by atoms with Crippen molar-refractivity contribution < 1.29 is 4.79 Å². The van der Waals surface area contributed by atoms with Crippen molar-refractivity contribution in [2.75, 3.05) is 32.4 Å². The number of imidazole rings is 1. The van der Waals surface area contributed by atoms with Gasteiger partial charge in [0.15, 0.2) is 5.16 Å². The summed E-state index contributed by atoms with van der Waals surface area (Å²) < 4.78 is 2.02. The van der Waals surface area contributed by atoms with Crippen molar-refractivity contribution in [2.24, 2.45) is 5.92 Å². The number of piperidine rings is 1. The van der Waals surface area contributed by atoms with Crippen molar-refractivity contribution in [3.05, 3.63) is 42.2 Å². The Balaban J connectivity index is 1.51. The van der Waals surface area contributed by atoms with Crippen molar-refractivity contribution in [3.63, 3.8) is 0 Å². The van der Waals surface area contributed by atoms with E-state index in [1.165, 1.54) is 32.4 Å². The Morgan fingerprint density at radius 3 is 2.65 bits per heavy atom. The van der Waals surface area contributed by atoms with Crippen LogP contribution in [0.4, 0.5) is 0 Å². The first-order valence-corrected chi connectivity index (χ1v) is 10.6. The maximum absolute atomic E-state index is 12.4. The summed E-state index contributed by atoms with van der Waals surface area (Å²) in [6.07, 6.45) is 9.70. The Morgan fingerprint density at radius 2 is 1.96 bits per heavy atom. The van der Waals surface area contributed by atoms with Gasteiger partial charge in [0.05, 0.1) is 0 Å². The van der Waals surface area contributed by atoms with Crippen LogP contribution in [-0.2, 0) is 0 Å². The molecular formula is C20H28N4OS. The third-order valence-electron chi connectivity index (χ3n) is 4.83. The minimum atomic E-state index is -0.00207. The standard InChI is InChI=1S/C20H28N4OS/c1-16(15-23-11-4-3-5-12-23)14-22-19(25)17-6-8-18(9-7-17)24-13-10-21-20(24)26-2/h6-10,13,16H,3-5,11-12,14-15H2,1-2H3,(H,22,25). The molecule has 1 atom stereocenters. The molecule has 1 aromatic carbocycles. The van der Waals surface area contributed by atoms with Gasteiger partial charge in [-0.15, -0.1) is 0 Å². The fourth-order valence-electron chi connectivity index (χ4n) is 3.43. The third kappa shape index (κ3) is 4.89. The van der Waals surface area contributed by atoms with Gasteiger partial charge < -0.3 is 10.2 Å². The highest BCUT2D eigenvalue weighted by Gasteiger charge is 2.14. The number of rotatable bonds is 7. The summed E-state index contributed by atoms with van der Waals surface area (Å²) in [5.41, 5.74) is 1.71. The Hall–Kier alpha value is -1.79. The first kappa shape index (κ1) is 19.0. The maximum Gasteiger partial charge on any atom is 0.251 e. The number of nitrogens with zero attached hydrogens (tertiary/aromatic N) is 3. The highest BCUT2D eigenvalue weighted by atomic mass is 32.2. The average Bonchev–Trinajstić information content (AvgIpc) is 3.16. The molecule has 1 amide bonds. The quantitative estimate of drug-likeness (QED) is 0.757. The van der Waals surface area contributed by atoms with Crippen LogP contribution in [-0.4, -0.2) is 52.8 Å². The van der Waals surface area contributed by atoms with Crippen molar-refractivity contribution >= 4 is 17.7 Å². The minimum absolute atomic E-state index is 0.00207. The van der Waals surface area contributed by atoms with E-state index < -0.39 is 0 Å². The number of benzene rings is 1. The van der Waals surface area contributed by atoms with Crippen molar-refractivity contribution in [3.8, 4) is 5.69 Å². The van der Waals surface area contributed by atoms with Crippen LogP contribution in [0.15, 0.2) is 41.8 Å². The second-order valence-corrected chi connectivity index (χ2v) is 7.78. The van der Waals surface area contributed by atoms with Crippen LogP contribution in [0, 0.1) is 5.92 Å². The van der Waals surface area contributed by atoms with Gasteiger partial charge in [-0.25, -0.2) is 4.98 Å². The molecule has 1 aromatic heterocycles. The zero-order valence-corrected chi connectivity index (χ0v) is 16.5. The number of amides is 1. The summed E-state index contributed by atoms with van der Waals surface area (Å²) in [6, 6.07) is 7.69. The molecule has 2 heterocycles. The number of aromatic nitrogens is 2. The normalized spacial score (nSPS) is 16.4. The largest absolute Gasteiger partial charge is 0.352 e. The SMILES string of the molecule is CSc1nccn1-c1ccc(C(=O)NCC(C)CN2CCCCC2)cc1. The smallest absolute Gasteiger partial charge is 0.251 e. The number of carbonyl (C=O) groups is 1. The Labute approximate surface area is 160 Å². The Morgan fingerprint density at radius 1 is 1.23 bits per heavy atom. The molecule has 1 unspecified atom stereocenters. The molecule has 0 aliphatic carbocycles. The van der Waals surface area contributed by atoms with Gasteiger partial charge in [-0.2, -0.15) is 0 Å². The fraction of sp³-hybridized carbons (Fsp3) is 0.500. The summed E-state index contributed by atoms with van der Waals surface area (Å²) >= 11 is 1.60. The molecule has 1 N–H and O–H groups in total. The van der Waals surface area contributed by atoms with Gasteiger partial charge in [-0.05, 0) is 62.4 Å². The van der Waals surface area contributed by atoms with Gasteiger partial charge in [0, 0.05) is 36.7 Å². The molecule has 3 rings (SSSR count). The number of likely N-dealkylation sites (tertiary alicyclic amines) is 1. The van der Waals surface area contributed by atoms with Gasteiger partial charge in [0.25, 0.3) is 5.91 Å². The molecule has 1 fully saturated rings. The summed E-state index contributed by atoms with van der Waals surface area (Å²) in [5.74, 6) is 0.462. The van der Waals surface area contributed by atoms with E-state index in [-0.39, 0.29) is 5.91 Å². The second-order valence-electron chi connectivity index (χ2n) is 7.01. The Kier molecular flexibility index (Phi) is 6.74. The average molecular weight is 373 g/mol. The van der Waals surface area contributed by atoms with E-state index in [4.69, 9.17) is 0 Å². The Bertz CT molecular complexity index is 707. The third-order valence-corrected chi connectivity index (χ3v) is 5.49. The van der Waals surface area contributed by atoms with Crippen LogP contribution in [0.5, 0.6) is 0 Å². The number of nitrogens with one attached hydrogen (secondary N) is 1. The van der Waals surface area contributed by atoms with E-state index in [2.05, 4.69) is 22.1 Å². The fourth-order valence-corrected chi connectivity index (χ4v) is 3.96. The molecule has 6 heteroatoms. The molecule has 1 aliphatic heterocycles. The summed E-state index contributed by atoms with van der Waals surface area (Å²) in [5, 5.41) is 4.01. The topological polar surface area (TPSA) is 50.2 Å². The van der Waals surface area contributed by atoms with Crippen LogP contribution < -0.4 is 5.32 Å². The van der Waals surface area contributed by atoms with Crippen molar-refractivity contribution in [2.45, 2.75) is 31.3 Å². The van der Waals surface area contributed by atoms with Gasteiger partial charge in [-0.3, -0.25) is 9.36 Å². The van der Waals surface area contributed by atoms with Crippen LogP contribution in [0.25, 0.3) is 5.69 Å². The predicted octanol–water partition coefficient (Wildman–Crippen LogP) is 3.45. The molecule has 140 valence electrons.